The summed E-state index contributed by atoms with van der Waals surface area (Å²) < 4.78 is 2.18. The van der Waals surface area contributed by atoms with Crippen molar-refractivity contribution < 1.29 is 5.11 Å². The van der Waals surface area contributed by atoms with E-state index in [1.807, 2.05) is 0 Å². The molecular weight excluding hydrogens is 372 g/mol. The third-order valence-electron chi connectivity index (χ3n) is 7.21. The van der Waals surface area contributed by atoms with Crippen LogP contribution in [0.4, 0.5) is 11.5 Å². The van der Waals surface area contributed by atoms with E-state index in [0.29, 0.717) is 11.8 Å². The molecule has 1 aliphatic carbocycles. The van der Waals surface area contributed by atoms with Gasteiger partial charge in [-0.15, -0.1) is 0 Å². The van der Waals surface area contributed by atoms with E-state index in [1.165, 1.54) is 48.9 Å². The van der Waals surface area contributed by atoms with Crippen molar-refractivity contribution in [2.45, 2.75) is 64.3 Å². The minimum absolute atomic E-state index is 0.440. The number of phenolic OH excluding ortho intramolecular Hbond substituents is 1. The highest BCUT2D eigenvalue weighted by Gasteiger charge is 2.30. The highest BCUT2D eigenvalue weighted by molar-refractivity contribution is 5.85. The van der Waals surface area contributed by atoms with Gasteiger partial charge in [0.1, 0.15) is 22.9 Å². The van der Waals surface area contributed by atoms with Crippen LogP contribution >= 0.6 is 0 Å². The first-order valence-electron chi connectivity index (χ1n) is 11.6. The van der Waals surface area contributed by atoms with Gasteiger partial charge in [0.25, 0.3) is 0 Å². The maximum atomic E-state index is 11.4. The second-order valence-corrected chi connectivity index (χ2v) is 9.32. The number of imidazole rings is 1. The molecule has 1 saturated carbocycles. The van der Waals surface area contributed by atoms with Crippen molar-refractivity contribution in [3.63, 3.8) is 0 Å². The number of aryl methyl sites for hydroxylation is 2. The molecule has 0 spiro atoms. The van der Waals surface area contributed by atoms with E-state index in [9.17, 15) is 5.11 Å². The highest BCUT2D eigenvalue weighted by atomic mass is 16.3. The van der Waals surface area contributed by atoms with E-state index in [4.69, 9.17) is 4.98 Å². The summed E-state index contributed by atoms with van der Waals surface area (Å²) >= 11 is 0. The fourth-order valence-electron chi connectivity index (χ4n) is 5.76. The van der Waals surface area contributed by atoms with Gasteiger partial charge in [-0.25, -0.2) is 4.98 Å². The summed E-state index contributed by atoms with van der Waals surface area (Å²) in [5.41, 5.74) is 7.75. The molecule has 4 heterocycles. The van der Waals surface area contributed by atoms with Crippen LogP contribution < -0.4 is 10.2 Å². The third kappa shape index (κ3) is 2.78. The predicted octanol–water partition coefficient (Wildman–Crippen LogP) is 5.07. The Balaban J connectivity index is 1.56. The lowest BCUT2D eigenvalue weighted by molar-refractivity contribution is 0.464. The molecule has 0 saturated heterocycles. The lowest BCUT2D eigenvalue weighted by atomic mass is 9.88. The zero-order valence-corrected chi connectivity index (χ0v) is 17.7. The molecule has 2 N–H and O–H groups in total. The molecule has 3 aliphatic rings. The Bertz CT molecular complexity index is 1120. The largest absolute Gasteiger partial charge is 0.507 e. The number of hydrogen-bond acceptors (Lipinski definition) is 4. The van der Waals surface area contributed by atoms with Crippen LogP contribution in [0.5, 0.6) is 5.75 Å². The fraction of sp³-hybridized carbons (Fsp3) is 0.480. The van der Waals surface area contributed by atoms with Gasteiger partial charge in [0.2, 0.25) is 0 Å². The van der Waals surface area contributed by atoms with Gasteiger partial charge in [0, 0.05) is 42.1 Å². The van der Waals surface area contributed by atoms with Crippen molar-refractivity contribution in [3.8, 4) is 17.0 Å². The number of nitrogens with zero attached hydrogens (tertiary/aromatic N) is 3. The standard InChI is InChI=1S/C25H30N4O/c1-16-10-11-21-27-22(25(29(21)15-16)26-18-7-2-3-8-18)20-14-17-6-4-12-28-13-5-9-19(23(17)28)24(20)30/h10-11,14-15,18,26,30H,2-9,12-13H2,1H3. The SMILES string of the molecule is Cc1ccc2nc(-c3cc4c5c(c3O)CCCN5CCC4)c(NC3CCCC3)n2c1. The molecule has 0 radical (unpaired) electrons. The van der Waals surface area contributed by atoms with Crippen LogP contribution in [0, 0.1) is 6.92 Å². The van der Waals surface area contributed by atoms with Crippen molar-refractivity contribution in [2.24, 2.45) is 0 Å². The Kier molecular flexibility index (Phi) is 4.18. The van der Waals surface area contributed by atoms with Gasteiger partial charge in [-0.05, 0) is 68.7 Å². The van der Waals surface area contributed by atoms with Gasteiger partial charge < -0.3 is 15.3 Å². The number of aromatic hydroxyl groups is 1. The maximum absolute atomic E-state index is 11.4. The molecule has 0 unspecified atom stereocenters. The molecule has 30 heavy (non-hydrogen) atoms. The maximum Gasteiger partial charge on any atom is 0.139 e. The van der Waals surface area contributed by atoms with Crippen LogP contribution in [0.1, 0.15) is 55.2 Å². The van der Waals surface area contributed by atoms with Crippen LogP contribution in [-0.2, 0) is 12.8 Å². The number of phenols is 1. The van der Waals surface area contributed by atoms with E-state index >= 15 is 0 Å². The second-order valence-electron chi connectivity index (χ2n) is 9.32. The summed E-state index contributed by atoms with van der Waals surface area (Å²) in [4.78, 5) is 7.49. The van der Waals surface area contributed by atoms with Gasteiger partial charge in [0.05, 0.1) is 0 Å². The highest BCUT2D eigenvalue weighted by Crippen LogP contribution is 2.46. The van der Waals surface area contributed by atoms with Crippen LogP contribution in [0.3, 0.4) is 0 Å². The minimum Gasteiger partial charge on any atom is -0.507 e. The molecule has 2 aromatic heterocycles. The molecule has 156 valence electrons. The topological polar surface area (TPSA) is 52.8 Å². The molecule has 3 aromatic rings. The monoisotopic (exact) mass is 402 g/mol. The molecular formula is C25H30N4O. The van der Waals surface area contributed by atoms with Crippen LogP contribution in [0.25, 0.3) is 16.9 Å². The zero-order valence-electron chi connectivity index (χ0n) is 17.7. The number of rotatable bonds is 3. The van der Waals surface area contributed by atoms with E-state index in [1.54, 1.807) is 0 Å². The Morgan fingerprint density at radius 3 is 2.70 bits per heavy atom. The number of hydrogen-bond donors (Lipinski definition) is 2. The number of nitrogens with one attached hydrogen (secondary N) is 1. The Hall–Kier alpha value is -2.69. The van der Waals surface area contributed by atoms with Crippen LogP contribution in [0.2, 0.25) is 0 Å². The van der Waals surface area contributed by atoms with Gasteiger partial charge in [0.15, 0.2) is 0 Å². The molecule has 0 atom stereocenters. The lowest BCUT2D eigenvalue weighted by Crippen LogP contribution is -2.34. The second kappa shape index (κ2) is 6.93. The molecule has 2 aliphatic heterocycles. The fourth-order valence-corrected chi connectivity index (χ4v) is 5.76. The summed E-state index contributed by atoms with van der Waals surface area (Å²) in [6.07, 6.45) is 11.5. The van der Waals surface area contributed by atoms with Crippen LogP contribution in [0.15, 0.2) is 24.4 Å². The van der Waals surface area contributed by atoms with Gasteiger partial charge in [-0.3, -0.25) is 4.40 Å². The summed E-state index contributed by atoms with van der Waals surface area (Å²) in [5, 5.41) is 15.2. The normalized spacial score (nSPS) is 18.8. The van der Waals surface area contributed by atoms with Crippen molar-refractivity contribution in [1.82, 2.24) is 9.38 Å². The third-order valence-corrected chi connectivity index (χ3v) is 7.21. The molecule has 0 amide bonds. The number of pyridine rings is 1. The average Bonchev–Trinajstić information content (AvgIpc) is 3.39. The Morgan fingerprint density at radius 1 is 1.07 bits per heavy atom. The summed E-state index contributed by atoms with van der Waals surface area (Å²) in [5.74, 6) is 1.47. The van der Waals surface area contributed by atoms with E-state index in [-0.39, 0.29) is 0 Å². The first kappa shape index (κ1) is 18.1. The predicted molar refractivity (Wildman–Crippen MR) is 122 cm³/mol. The average molecular weight is 403 g/mol. The first-order valence-corrected chi connectivity index (χ1v) is 11.6. The van der Waals surface area contributed by atoms with Gasteiger partial charge in [-0.1, -0.05) is 18.9 Å². The molecule has 5 heteroatoms. The summed E-state index contributed by atoms with van der Waals surface area (Å²) in [6.45, 7) is 4.34. The first-order chi connectivity index (χ1) is 14.7. The minimum atomic E-state index is 0.440. The summed E-state index contributed by atoms with van der Waals surface area (Å²) in [7, 11) is 0. The summed E-state index contributed by atoms with van der Waals surface area (Å²) in [6, 6.07) is 6.90. The molecule has 6 rings (SSSR count). The molecule has 5 nitrogen and oxygen atoms in total. The Morgan fingerprint density at radius 2 is 1.87 bits per heavy atom. The number of aromatic nitrogens is 2. The van der Waals surface area contributed by atoms with E-state index < -0.39 is 0 Å². The van der Waals surface area contributed by atoms with E-state index in [0.717, 1.165) is 60.6 Å². The smallest absolute Gasteiger partial charge is 0.139 e. The van der Waals surface area contributed by atoms with Crippen molar-refractivity contribution in [1.29, 1.82) is 0 Å². The quantitative estimate of drug-likeness (QED) is 0.642. The van der Waals surface area contributed by atoms with Crippen molar-refractivity contribution in [3.05, 3.63) is 41.1 Å². The van der Waals surface area contributed by atoms with Crippen LogP contribution in [-0.4, -0.2) is 33.6 Å². The Labute approximate surface area is 177 Å². The van der Waals surface area contributed by atoms with Crippen molar-refractivity contribution in [2.75, 3.05) is 23.3 Å². The van der Waals surface area contributed by atoms with E-state index in [2.05, 4.69) is 45.9 Å². The molecule has 1 fully saturated rings. The molecule has 0 bridgehead atoms. The number of fused-ring (bicyclic) bond motifs is 1. The molecule has 1 aromatic carbocycles. The number of benzene rings is 1. The number of anilines is 2. The lowest BCUT2D eigenvalue weighted by Gasteiger charge is -2.37. The van der Waals surface area contributed by atoms with Gasteiger partial charge >= 0.3 is 0 Å². The zero-order chi connectivity index (χ0) is 20.2. The van der Waals surface area contributed by atoms with Crippen molar-refractivity contribution >= 4 is 17.2 Å². The van der Waals surface area contributed by atoms with Gasteiger partial charge in [-0.2, -0.15) is 0 Å².